The molecule has 1 rings (SSSR count). The van der Waals surface area contributed by atoms with Gasteiger partial charge in [0.05, 0.1) is 6.61 Å². The Morgan fingerprint density at radius 2 is 1.95 bits per heavy atom. The van der Waals surface area contributed by atoms with Gasteiger partial charge in [-0.25, -0.2) is 5.84 Å². The zero-order valence-electron chi connectivity index (χ0n) is 11.6. The first kappa shape index (κ1) is 15.4. The van der Waals surface area contributed by atoms with Crippen LogP contribution in [0.5, 0.6) is 6.01 Å². The highest BCUT2D eigenvalue weighted by molar-refractivity contribution is 5.36. The highest BCUT2D eigenvalue weighted by atomic mass is 16.5. The second-order valence-corrected chi connectivity index (χ2v) is 4.74. The largest absolute Gasteiger partial charge is 0.463 e. The van der Waals surface area contributed by atoms with Gasteiger partial charge in [-0.05, 0) is 26.7 Å². The van der Waals surface area contributed by atoms with Gasteiger partial charge in [0.1, 0.15) is 0 Å². The van der Waals surface area contributed by atoms with Crippen LogP contribution in [0.25, 0.3) is 0 Å². The van der Waals surface area contributed by atoms with E-state index in [1.54, 1.807) is 0 Å². The molecule has 8 nitrogen and oxygen atoms in total. The Bertz CT molecular complexity index is 399. The van der Waals surface area contributed by atoms with E-state index in [0.29, 0.717) is 19.0 Å². The molecule has 8 heteroatoms. The Morgan fingerprint density at radius 3 is 2.53 bits per heavy atom. The van der Waals surface area contributed by atoms with Crippen LogP contribution in [0.3, 0.4) is 0 Å². The first-order chi connectivity index (χ1) is 9.00. The van der Waals surface area contributed by atoms with Crippen molar-refractivity contribution in [1.82, 2.24) is 15.0 Å². The molecule has 0 saturated carbocycles. The maximum absolute atomic E-state index is 9.00. The second-order valence-electron chi connectivity index (χ2n) is 4.74. The fourth-order valence-corrected chi connectivity index (χ4v) is 1.38. The number of rotatable bonds is 8. The van der Waals surface area contributed by atoms with E-state index in [1.165, 1.54) is 0 Å². The summed E-state index contributed by atoms with van der Waals surface area (Å²) in [6.07, 6.45) is 1.42. The molecule has 0 aliphatic heterocycles. The van der Waals surface area contributed by atoms with Gasteiger partial charge in [0.15, 0.2) is 0 Å². The molecule has 0 amide bonds. The van der Waals surface area contributed by atoms with Gasteiger partial charge in [0.2, 0.25) is 11.9 Å². The molecule has 1 aromatic heterocycles. The maximum Gasteiger partial charge on any atom is 0.323 e. The molecule has 5 N–H and O–H groups in total. The summed E-state index contributed by atoms with van der Waals surface area (Å²) in [5.74, 6) is 5.89. The fraction of sp³-hybridized carbons (Fsp3) is 0.727. The number of nitrogens with zero attached hydrogens (tertiary/aromatic N) is 3. The van der Waals surface area contributed by atoms with Crippen molar-refractivity contribution in [2.24, 2.45) is 5.84 Å². The summed E-state index contributed by atoms with van der Waals surface area (Å²) in [7, 11) is 0. The number of aliphatic hydroxyl groups excluding tert-OH is 1. The molecular formula is C11H22N6O2. The number of hydrogen-bond donors (Lipinski definition) is 4. The van der Waals surface area contributed by atoms with E-state index in [2.05, 4.69) is 25.7 Å². The van der Waals surface area contributed by atoms with E-state index in [9.17, 15) is 0 Å². The standard InChI is InChI=1S/C11H22N6O2/c1-4-7-19-10-14-8(13-9(15-10)17-12)16-11(2,3)5-6-18/h18H,4-7,12H2,1-3H3,(H2,13,14,15,16,17). The summed E-state index contributed by atoms with van der Waals surface area (Å²) in [6.45, 7) is 6.47. The molecule has 0 aliphatic carbocycles. The predicted molar refractivity (Wildman–Crippen MR) is 72.8 cm³/mol. The van der Waals surface area contributed by atoms with Gasteiger partial charge in [0, 0.05) is 12.1 Å². The third kappa shape index (κ3) is 5.23. The van der Waals surface area contributed by atoms with E-state index in [4.69, 9.17) is 15.7 Å². The Kier molecular flexibility index (Phi) is 5.71. The number of hydrazine groups is 1. The van der Waals surface area contributed by atoms with Crippen molar-refractivity contribution in [3.05, 3.63) is 0 Å². The summed E-state index contributed by atoms with van der Waals surface area (Å²) in [5, 5.41) is 12.1. The summed E-state index contributed by atoms with van der Waals surface area (Å²) in [6, 6.07) is 0.215. The number of aliphatic hydroxyl groups is 1. The number of anilines is 2. The number of nitrogen functional groups attached to an aromatic ring is 1. The van der Waals surface area contributed by atoms with Gasteiger partial charge in [-0.2, -0.15) is 15.0 Å². The van der Waals surface area contributed by atoms with Gasteiger partial charge >= 0.3 is 6.01 Å². The van der Waals surface area contributed by atoms with Crippen LogP contribution < -0.4 is 21.3 Å². The fourth-order valence-electron chi connectivity index (χ4n) is 1.38. The van der Waals surface area contributed by atoms with Crippen molar-refractivity contribution in [1.29, 1.82) is 0 Å². The molecule has 0 spiro atoms. The molecule has 0 bridgehead atoms. The van der Waals surface area contributed by atoms with Crippen LogP contribution in [0.15, 0.2) is 0 Å². The van der Waals surface area contributed by atoms with E-state index in [-0.39, 0.29) is 24.1 Å². The molecule has 0 radical (unpaired) electrons. The predicted octanol–water partition coefficient (Wildman–Crippen LogP) is 0.519. The minimum absolute atomic E-state index is 0.0757. The van der Waals surface area contributed by atoms with E-state index in [1.807, 2.05) is 20.8 Å². The minimum Gasteiger partial charge on any atom is -0.463 e. The first-order valence-corrected chi connectivity index (χ1v) is 6.25. The molecule has 0 fully saturated rings. The lowest BCUT2D eigenvalue weighted by Crippen LogP contribution is -2.33. The normalized spacial score (nSPS) is 11.2. The van der Waals surface area contributed by atoms with Crippen LogP contribution in [0, 0.1) is 0 Å². The van der Waals surface area contributed by atoms with Crippen LogP contribution in [-0.4, -0.2) is 38.8 Å². The van der Waals surface area contributed by atoms with Crippen molar-refractivity contribution in [3.8, 4) is 6.01 Å². The third-order valence-corrected chi connectivity index (χ3v) is 2.37. The average Bonchev–Trinajstić information content (AvgIpc) is 2.35. The monoisotopic (exact) mass is 270 g/mol. The minimum atomic E-state index is -0.343. The molecule has 1 aromatic rings. The lowest BCUT2D eigenvalue weighted by Gasteiger charge is -2.25. The molecule has 0 atom stereocenters. The van der Waals surface area contributed by atoms with Crippen LogP contribution in [0.2, 0.25) is 0 Å². The van der Waals surface area contributed by atoms with Crippen LogP contribution in [0.4, 0.5) is 11.9 Å². The molecule has 108 valence electrons. The van der Waals surface area contributed by atoms with E-state index < -0.39 is 0 Å². The number of ether oxygens (including phenoxy) is 1. The first-order valence-electron chi connectivity index (χ1n) is 6.25. The maximum atomic E-state index is 9.00. The van der Waals surface area contributed by atoms with Gasteiger partial charge in [-0.15, -0.1) is 0 Å². The highest BCUT2D eigenvalue weighted by Gasteiger charge is 2.19. The average molecular weight is 270 g/mol. The van der Waals surface area contributed by atoms with Gasteiger partial charge < -0.3 is 15.2 Å². The van der Waals surface area contributed by atoms with Crippen molar-refractivity contribution < 1.29 is 9.84 Å². The molecule has 19 heavy (non-hydrogen) atoms. The number of aromatic nitrogens is 3. The number of nitrogens with two attached hydrogens (primary N) is 1. The molecule has 0 unspecified atom stereocenters. The quantitative estimate of drug-likeness (QED) is 0.399. The lowest BCUT2D eigenvalue weighted by molar-refractivity contribution is 0.260. The Hall–Kier alpha value is -1.67. The van der Waals surface area contributed by atoms with Crippen molar-refractivity contribution in [2.45, 2.75) is 39.2 Å². The Morgan fingerprint density at radius 1 is 1.26 bits per heavy atom. The van der Waals surface area contributed by atoms with Crippen molar-refractivity contribution in [3.63, 3.8) is 0 Å². The van der Waals surface area contributed by atoms with Gasteiger partial charge in [0.25, 0.3) is 0 Å². The zero-order valence-corrected chi connectivity index (χ0v) is 11.6. The summed E-state index contributed by atoms with van der Waals surface area (Å²) in [4.78, 5) is 12.2. The van der Waals surface area contributed by atoms with Crippen LogP contribution in [0.1, 0.15) is 33.6 Å². The molecular weight excluding hydrogens is 248 g/mol. The second kappa shape index (κ2) is 7.05. The van der Waals surface area contributed by atoms with Crippen molar-refractivity contribution in [2.75, 3.05) is 24.0 Å². The van der Waals surface area contributed by atoms with Gasteiger partial charge in [-0.1, -0.05) is 6.92 Å². The van der Waals surface area contributed by atoms with Crippen LogP contribution >= 0.6 is 0 Å². The topological polar surface area (TPSA) is 118 Å². The number of hydrogen-bond acceptors (Lipinski definition) is 8. The summed E-state index contributed by atoms with van der Waals surface area (Å²) < 4.78 is 5.37. The Labute approximate surface area is 112 Å². The number of nitrogens with one attached hydrogen (secondary N) is 2. The third-order valence-electron chi connectivity index (χ3n) is 2.37. The van der Waals surface area contributed by atoms with E-state index >= 15 is 0 Å². The molecule has 0 aromatic carbocycles. The molecule has 0 saturated heterocycles. The van der Waals surface area contributed by atoms with Gasteiger partial charge in [-0.3, -0.25) is 5.43 Å². The zero-order chi connectivity index (χ0) is 14.3. The summed E-state index contributed by atoms with van der Waals surface area (Å²) in [5.41, 5.74) is 2.03. The molecule has 1 heterocycles. The SMILES string of the molecule is CCCOc1nc(NN)nc(NC(C)(C)CCO)n1. The summed E-state index contributed by atoms with van der Waals surface area (Å²) >= 11 is 0. The smallest absolute Gasteiger partial charge is 0.323 e. The lowest BCUT2D eigenvalue weighted by atomic mass is 10.0. The highest BCUT2D eigenvalue weighted by Crippen LogP contribution is 2.17. The molecule has 0 aliphatic rings. The van der Waals surface area contributed by atoms with E-state index in [0.717, 1.165) is 6.42 Å². The Balaban J connectivity index is 2.87. The van der Waals surface area contributed by atoms with Crippen LogP contribution in [-0.2, 0) is 0 Å². The van der Waals surface area contributed by atoms with Crippen molar-refractivity contribution >= 4 is 11.9 Å².